The second-order valence-electron chi connectivity index (χ2n) is 4.40. The highest BCUT2D eigenvalue weighted by Crippen LogP contribution is 2.17. The molecule has 0 aliphatic rings. The van der Waals surface area contributed by atoms with Crippen molar-refractivity contribution in [3.05, 3.63) is 58.8 Å². The maximum Gasteiger partial charge on any atom is 0.279 e. The summed E-state index contributed by atoms with van der Waals surface area (Å²) >= 11 is 3.32. The Labute approximate surface area is 136 Å². The number of halogens is 1. The molecule has 0 bridgehead atoms. The second-order valence-corrected chi connectivity index (χ2v) is 5.31. The lowest BCUT2D eigenvalue weighted by atomic mass is 10.3. The van der Waals surface area contributed by atoms with Gasteiger partial charge in [0.25, 0.3) is 11.8 Å². The number of carbonyl (C=O) groups excluding carboxylic acids is 2. The van der Waals surface area contributed by atoms with E-state index in [-0.39, 0.29) is 0 Å². The molecule has 1 aromatic carbocycles. The Kier molecular flexibility index (Phi) is 5.48. The third kappa shape index (κ3) is 4.56. The van der Waals surface area contributed by atoms with E-state index in [1.807, 2.05) is 12.1 Å². The average molecular weight is 364 g/mol. The van der Waals surface area contributed by atoms with Gasteiger partial charge in [-0.2, -0.15) is 0 Å². The summed E-state index contributed by atoms with van der Waals surface area (Å²) in [6.45, 7) is 1.59. The van der Waals surface area contributed by atoms with Gasteiger partial charge in [0.1, 0.15) is 5.75 Å². The van der Waals surface area contributed by atoms with Crippen molar-refractivity contribution in [1.29, 1.82) is 0 Å². The third-order valence-electron chi connectivity index (χ3n) is 2.72. The molecule has 0 spiro atoms. The van der Waals surface area contributed by atoms with Gasteiger partial charge in [-0.3, -0.25) is 25.4 Å². The smallest absolute Gasteiger partial charge is 0.279 e. The van der Waals surface area contributed by atoms with Crippen molar-refractivity contribution < 1.29 is 14.3 Å². The number of ether oxygens (including phenoxy) is 1. The highest BCUT2D eigenvalue weighted by Gasteiger charge is 2.15. The Morgan fingerprint density at radius 2 is 1.91 bits per heavy atom. The monoisotopic (exact) mass is 363 g/mol. The van der Waals surface area contributed by atoms with Crippen LogP contribution in [0.5, 0.6) is 5.75 Å². The van der Waals surface area contributed by atoms with Crippen molar-refractivity contribution in [1.82, 2.24) is 15.8 Å². The van der Waals surface area contributed by atoms with Gasteiger partial charge in [-0.05, 0) is 43.3 Å². The molecule has 0 aliphatic carbocycles. The highest BCUT2D eigenvalue weighted by atomic mass is 79.9. The molecular formula is C15H14BrN3O3. The SMILES string of the molecule is CC(Oc1ccc(Br)cc1)C(=O)NNC(=O)c1cccnc1. The van der Waals surface area contributed by atoms with Crippen molar-refractivity contribution in [2.75, 3.05) is 0 Å². The van der Waals surface area contributed by atoms with E-state index in [1.165, 1.54) is 6.20 Å². The van der Waals surface area contributed by atoms with E-state index in [0.29, 0.717) is 11.3 Å². The fourth-order valence-electron chi connectivity index (χ4n) is 1.56. The van der Waals surface area contributed by atoms with Crippen molar-refractivity contribution in [3.63, 3.8) is 0 Å². The van der Waals surface area contributed by atoms with Gasteiger partial charge < -0.3 is 4.74 Å². The Morgan fingerprint density at radius 3 is 2.55 bits per heavy atom. The predicted octanol–water partition coefficient (Wildman–Crippen LogP) is 2.07. The van der Waals surface area contributed by atoms with E-state index >= 15 is 0 Å². The Balaban J connectivity index is 1.84. The van der Waals surface area contributed by atoms with Crippen LogP contribution in [0.2, 0.25) is 0 Å². The fraction of sp³-hybridized carbons (Fsp3) is 0.133. The number of amides is 2. The van der Waals surface area contributed by atoms with E-state index in [2.05, 4.69) is 31.8 Å². The molecule has 0 fully saturated rings. The largest absolute Gasteiger partial charge is 0.481 e. The van der Waals surface area contributed by atoms with Crippen LogP contribution in [0.1, 0.15) is 17.3 Å². The van der Waals surface area contributed by atoms with Crippen molar-refractivity contribution in [2.24, 2.45) is 0 Å². The summed E-state index contributed by atoms with van der Waals surface area (Å²) in [6, 6.07) is 10.3. The number of rotatable bonds is 4. The molecule has 22 heavy (non-hydrogen) atoms. The fourth-order valence-corrected chi connectivity index (χ4v) is 1.82. The Hall–Kier alpha value is -2.41. The number of nitrogens with zero attached hydrogens (tertiary/aromatic N) is 1. The molecule has 1 atom stereocenters. The van der Waals surface area contributed by atoms with Crippen LogP contribution in [-0.2, 0) is 4.79 Å². The molecule has 2 N–H and O–H groups in total. The quantitative estimate of drug-likeness (QED) is 0.814. The standard InChI is InChI=1S/C15H14BrN3O3/c1-10(22-13-6-4-12(16)5-7-13)14(20)18-19-15(21)11-3-2-8-17-9-11/h2-10H,1H3,(H,18,20)(H,19,21). The minimum Gasteiger partial charge on any atom is -0.481 e. The molecule has 0 saturated heterocycles. The third-order valence-corrected chi connectivity index (χ3v) is 3.25. The van der Waals surface area contributed by atoms with Gasteiger partial charge >= 0.3 is 0 Å². The highest BCUT2D eigenvalue weighted by molar-refractivity contribution is 9.10. The van der Waals surface area contributed by atoms with Crippen molar-refractivity contribution in [2.45, 2.75) is 13.0 Å². The van der Waals surface area contributed by atoms with E-state index in [0.717, 1.165) is 4.47 Å². The Morgan fingerprint density at radius 1 is 1.18 bits per heavy atom. The van der Waals surface area contributed by atoms with Gasteiger partial charge in [-0.1, -0.05) is 15.9 Å². The van der Waals surface area contributed by atoms with Gasteiger partial charge in [0.15, 0.2) is 6.10 Å². The van der Waals surface area contributed by atoms with Crippen LogP contribution in [0.3, 0.4) is 0 Å². The maximum absolute atomic E-state index is 11.9. The first-order valence-corrected chi connectivity index (χ1v) is 7.28. The van der Waals surface area contributed by atoms with Gasteiger partial charge in [-0.15, -0.1) is 0 Å². The number of benzene rings is 1. The summed E-state index contributed by atoms with van der Waals surface area (Å²) in [5, 5.41) is 0. The summed E-state index contributed by atoms with van der Waals surface area (Å²) < 4.78 is 6.39. The zero-order valence-electron chi connectivity index (χ0n) is 11.7. The minimum atomic E-state index is -0.754. The lowest BCUT2D eigenvalue weighted by molar-refractivity contribution is -0.128. The first-order chi connectivity index (χ1) is 10.6. The molecule has 7 heteroatoms. The molecule has 0 saturated carbocycles. The van der Waals surface area contributed by atoms with Gasteiger partial charge in [-0.25, -0.2) is 0 Å². The summed E-state index contributed by atoms with van der Waals surface area (Å²) in [6.07, 6.45) is 2.21. The number of hydrazine groups is 1. The normalized spacial score (nSPS) is 11.4. The van der Waals surface area contributed by atoms with Crippen LogP contribution in [-0.4, -0.2) is 22.9 Å². The molecule has 2 amide bonds. The topological polar surface area (TPSA) is 80.3 Å². The van der Waals surface area contributed by atoms with Crippen LogP contribution >= 0.6 is 15.9 Å². The lowest BCUT2D eigenvalue weighted by Crippen LogP contribution is -2.47. The van der Waals surface area contributed by atoms with E-state index < -0.39 is 17.9 Å². The van der Waals surface area contributed by atoms with Crippen LogP contribution in [0.4, 0.5) is 0 Å². The molecule has 2 aromatic rings. The lowest BCUT2D eigenvalue weighted by Gasteiger charge is -2.15. The number of carbonyl (C=O) groups is 2. The second kappa shape index (κ2) is 7.56. The summed E-state index contributed by atoms with van der Waals surface area (Å²) in [7, 11) is 0. The summed E-state index contributed by atoms with van der Waals surface area (Å²) in [5.74, 6) is -0.345. The number of nitrogens with one attached hydrogen (secondary N) is 2. The molecule has 1 unspecified atom stereocenters. The van der Waals surface area contributed by atoms with Crippen LogP contribution in [0.25, 0.3) is 0 Å². The molecule has 6 nitrogen and oxygen atoms in total. The van der Waals surface area contributed by atoms with Gasteiger partial charge in [0.2, 0.25) is 0 Å². The van der Waals surface area contributed by atoms with Crippen molar-refractivity contribution >= 4 is 27.7 Å². The number of hydrogen-bond acceptors (Lipinski definition) is 4. The van der Waals surface area contributed by atoms with Gasteiger partial charge in [0, 0.05) is 16.9 Å². The van der Waals surface area contributed by atoms with Crippen LogP contribution in [0.15, 0.2) is 53.3 Å². The molecule has 114 valence electrons. The summed E-state index contributed by atoms with van der Waals surface area (Å²) in [4.78, 5) is 27.5. The number of hydrogen-bond donors (Lipinski definition) is 2. The Bertz CT molecular complexity index is 647. The molecule has 1 aromatic heterocycles. The molecular weight excluding hydrogens is 350 g/mol. The van der Waals surface area contributed by atoms with E-state index in [4.69, 9.17) is 4.74 Å². The molecule has 1 heterocycles. The number of pyridine rings is 1. The van der Waals surface area contributed by atoms with Crippen molar-refractivity contribution in [3.8, 4) is 5.75 Å². The van der Waals surface area contributed by atoms with Gasteiger partial charge in [0.05, 0.1) is 5.56 Å². The zero-order valence-corrected chi connectivity index (χ0v) is 13.3. The van der Waals surface area contributed by atoms with E-state index in [9.17, 15) is 9.59 Å². The number of aromatic nitrogens is 1. The van der Waals surface area contributed by atoms with Crippen LogP contribution < -0.4 is 15.6 Å². The maximum atomic E-state index is 11.9. The zero-order chi connectivity index (χ0) is 15.9. The average Bonchev–Trinajstić information content (AvgIpc) is 2.55. The first-order valence-electron chi connectivity index (χ1n) is 6.48. The molecule has 0 aliphatic heterocycles. The predicted molar refractivity (Wildman–Crippen MR) is 84.1 cm³/mol. The molecule has 2 rings (SSSR count). The first kappa shape index (κ1) is 16.0. The minimum absolute atomic E-state index is 0.351. The summed E-state index contributed by atoms with van der Waals surface area (Å²) in [5.41, 5.74) is 4.97. The van der Waals surface area contributed by atoms with E-state index in [1.54, 1.807) is 37.4 Å². The molecule has 0 radical (unpaired) electrons. The van der Waals surface area contributed by atoms with Crippen LogP contribution in [0, 0.1) is 0 Å².